The van der Waals surface area contributed by atoms with Crippen LogP contribution in [0.3, 0.4) is 0 Å². The molecule has 0 aliphatic carbocycles. The Bertz CT molecular complexity index is 1360. The van der Waals surface area contributed by atoms with Crippen molar-refractivity contribution in [2.24, 2.45) is 0 Å². The molecule has 2 heterocycles. The molecule has 1 amide bonds. The number of halogens is 2. The molecule has 7 heteroatoms. The van der Waals surface area contributed by atoms with Crippen LogP contribution in [0.25, 0.3) is 5.70 Å². The average Bonchev–Trinajstić information content (AvgIpc) is 3.25. The van der Waals surface area contributed by atoms with Crippen LogP contribution in [0.2, 0.25) is 5.02 Å². The number of carbonyl (C=O) groups is 1. The molecule has 0 unspecified atom stereocenters. The molecule has 33 heavy (non-hydrogen) atoms. The van der Waals surface area contributed by atoms with E-state index in [4.69, 9.17) is 11.6 Å². The van der Waals surface area contributed by atoms with Crippen LogP contribution in [0, 0.1) is 12.7 Å². The van der Waals surface area contributed by atoms with E-state index in [9.17, 15) is 9.18 Å². The minimum absolute atomic E-state index is 0.330. The van der Waals surface area contributed by atoms with Crippen LogP contribution in [-0.4, -0.2) is 15.7 Å². The fourth-order valence-electron chi connectivity index (χ4n) is 3.83. The number of anilines is 2. The van der Waals surface area contributed by atoms with Crippen molar-refractivity contribution < 1.29 is 9.18 Å². The van der Waals surface area contributed by atoms with Gasteiger partial charge in [0.25, 0.3) is 5.91 Å². The Balaban J connectivity index is 1.56. The molecule has 0 fully saturated rings. The summed E-state index contributed by atoms with van der Waals surface area (Å²) >= 11 is 5.94. The summed E-state index contributed by atoms with van der Waals surface area (Å²) in [5, 5.41) is 11.2. The van der Waals surface area contributed by atoms with Crippen LogP contribution in [0.4, 0.5) is 15.9 Å². The Morgan fingerprint density at radius 3 is 2.52 bits per heavy atom. The Hall–Kier alpha value is -3.90. The molecule has 2 N–H and O–H groups in total. The molecule has 1 atom stereocenters. The lowest BCUT2D eigenvalue weighted by Crippen LogP contribution is -2.22. The summed E-state index contributed by atoms with van der Waals surface area (Å²) < 4.78 is 16.4. The van der Waals surface area contributed by atoms with E-state index in [1.54, 1.807) is 47.1 Å². The second kappa shape index (κ2) is 8.56. The minimum Gasteiger partial charge on any atom is -0.339 e. The lowest BCUT2D eigenvalue weighted by molar-refractivity contribution is 0.102. The van der Waals surface area contributed by atoms with E-state index in [-0.39, 0.29) is 11.7 Å². The molecule has 0 saturated carbocycles. The normalized spacial score (nSPS) is 14.8. The molecule has 1 aliphatic heterocycles. The smallest absolute Gasteiger partial charge is 0.261 e. The van der Waals surface area contributed by atoms with Gasteiger partial charge in [-0.05, 0) is 48.9 Å². The number of benzene rings is 3. The standard InChI is InChI=1S/C26H20ClFN4O/c1-16-6-8-17(9-7-16)23-14-24(20-4-2-3-5-22(20)28)32-25(31-23)21(15-29-32)26(33)30-19-12-10-18(27)11-13-19/h2-15,24,31H,1H3,(H,30,33)/t24-/m1/s1. The number of hydrogen-bond acceptors (Lipinski definition) is 3. The number of aryl methyl sites for hydroxylation is 1. The van der Waals surface area contributed by atoms with E-state index in [1.165, 1.54) is 12.3 Å². The summed E-state index contributed by atoms with van der Waals surface area (Å²) in [6, 6.07) is 20.9. The van der Waals surface area contributed by atoms with Crippen molar-refractivity contribution in [1.82, 2.24) is 9.78 Å². The number of allylic oxidation sites excluding steroid dienone is 1. The summed E-state index contributed by atoms with van der Waals surface area (Å²) in [7, 11) is 0. The predicted molar refractivity (Wildman–Crippen MR) is 129 cm³/mol. The molecule has 0 bridgehead atoms. The highest BCUT2D eigenvalue weighted by Crippen LogP contribution is 2.36. The molecular weight excluding hydrogens is 439 g/mol. The SMILES string of the molecule is Cc1ccc(C2=C[C@H](c3ccccc3F)n3ncc(C(=O)Nc4ccc(Cl)cc4)c3N2)cc1. The van der Waals surface area contributed by atoms with Gasteiger partial charge in [0.05, 0.1) is 6.20 Å². The first kappa shape index (κ1) is 21.0. The summed E-state index contributed by atoms with van der Waals surface area (Å²) in [4.78, 5) is 13.1. The molecule has 0 radical (unpaired) electrons. The van der Waals surface area contributed by atoms with Gasteiger partial charge in [-0.1, -0.05) is 59.6 Å². The van der Waals surface area contributed by atoms with Crippen LogP contribution >= 0.6 is 11.6 Å². The second-order valence-electron chi connectivity index (χ2n) is 7.85. The third-order valence-electron chi connectivity index (χ3n) is 5.57. The largest absolute Gasteiger partial charge is 0.339 e. The van der Waals surface area contributed by atoms with E-state index >= 15 is 0 Å². The van der Waals surface area contributed by atoms with E-state index in [2.05, 4.69) is 15.7 Å². The first-order valence-corrected chi connectivity index (χ1v) is 10.8. The number of nitrogens with one attached hydrogen (secondary N) is 2. The molecule has 5 rings (SSSR count). The van der Waals surface area contributed by atoms with Gasteiger partial charge >= 0.3 is 0 Å². The molecule has 164 valence electrons. The molecular formula is C26H20ClFN4O. The first-order chi connectivity index (χ1) is 16.0. The van der Waals surface area contributed by atoms with Gasteiger partial charge in [-0.25, -0.2) is 9.07 Å². The molecule has 3 aromatic carbocycles. The van der Waals surface area contributed by atoms with Gasteiger partial charge in [0.15, 0.2) is 0 Å². The van der Waals surface area contributed by atoms with Crippen molar-refractivity contribution in [1.29, 1.82) is 0 Å². The van der Waals surface area contributed by atoms with Gasteiger partial charge in [0.2, 0.25) is 0 Å². The average molecular weight is 459 g/mol. The lowest BCUT2D eigenvalue weighted by Gasteiger charge is -2.26. The topological polar surface area (TPSA) is 59.0 Å². The predicted octanol–water partition coefficient (Wildman–Crippen LogP) is 6.29. The first-order valence-electron chi connectivity index (χ1n) is 10.4. The van der Waals surface area contributed by atoms with Gasteiger partial charge in [-0.3, -0.25) is 4.79 Å². The van der Waals surface area contributed by atoms with Crippen LogP contribution in [0.15, 0.2) is 85.1 Å². The maximum atomic E-state index is 14.8. The van der Waals surface area contributed by atoms with Crippen LogP contribution < -0.4 is 10.6 Å². The van der Waals surface area contributed by atoms with E-state index in [0.717, 1.165) is 16.8 Å². The summed E-state index contributed by atoms with van der Waals surface area (Å²) in [6.07, 6.45) is 3.41. The van der Waals surface area contributed by atoms with E-state index < -0.39 is 6.04 Å². The zero-order valence-corrected chi connectivity index (χ0v) is 18.5. The quantitative estimate of drug-likeness (QED) is 0.377. The second-order valence-corrected chi connectivity index (χ2v) is 8.29. The molecule has 5 nitrogen and oxygen atoms in total. The van der Waals surface area contributed by atoms with Gasteiger partial charge in [-0.2, -0.15) is 5.10 Å². The maximum Gasteiger partial charge on any atom is 0.261 e. The number of hydrogen-bond donors (Lipinski definition) is 2. The highest BCUT2D eigenvalue weighted by molar-refractivity contribution is 6.30. The van der Waals surface area contributed by atoms with Crippen LogP contribution in [-0.2, 0) is 0 Å². The van der Waals surface area contributed by atoms with E-state index in [0.29, 0.717) is 27.7 Å². The highest BCUT2D eigenvalue weighted by Gasteiger charge is 2.29. The fourth-order valence-corrected chi connectivity index (χ4v) is 3.96. The Labute approximate surface area is 195 Å². The van der Waals surface area contributed by atoms with E-state index in [1.807, 2.05) is 37.3 Å². The Kier molecular flexibility index (Phi) is 5.44. The number of aromatic nitrogens is 2. The van der Waals surface area contributed by atoms with Gasteiger partial charge in [0.1, 0.15) is 23.2 Å². The number of fused-ring (bicyclic) bond motifs is 1. The van der Waals surface area contributed by atoms with Gasteiger partial charge in [0, 0.05) is 22.0 Å². The number of amides is 1. The summed E-state index contributed by atoms with van der Waals surface area (Å²) in [6.45, 7) is 2.02. The third kappa shape index (κ3) is 4.13. The van der Waals surface area contributed by atoms with Crippen molar-refractivity contribution in [2.45, 2.75) is 13.0 Å². The number of carbonyl (C=O) groups excluding carboxylic acids is 1. The van der Waals surface area contributed by atoms with Crippen molar-refractivity contribution >= 4 is 34.7 Å². The van der Waals surface area contributed by atoms with Gasteiger partial charge < -0.3 is 10.6 Å². The Morgan fingerprint density at radius 1 is 1.06 bits per heavy atom. The number of rotatable bonds is 4. The van der Waals surface area contributed by atoms with Gasteiger partial charge in [-0.15, -0.1) is 0 Å². The van der Waals surface area contributed by atoms with Crippen molar-refractivity contribution in [3.8, 4) is 0 Å². The van der Waals surface area contributed by atoms with Crippen molar-refractivity contribution in [3.05, 3.63) is 118 Å². The zero-order valence-electron chi connectivity index (χ0n) is 17.7. The molecule has 0 saturated heterocycles. The van der Waals surface area contributed by atoms with Crippen LogP contribution in [0.5, 0.6) is 0 Å². The van der Waals surface area contributed by atoms with Crippen molar-refractivity contribution in [3.63, 3.8) is 0 Å². The molecule has 4 aromatic rings. The van der Waals surface area contributed by atoms with Crippen molar-refractivity contribution in [2.75, 3.05) is 10.6 Å². The number of nitrogens with zero attached hydrogens (tertiary/aromatic N) is 2. The maximum absolute atomic E-state index is 14.8. The fraction of sp³-hybridized carbons (Fsp3) is 0.0769. The minimum atomic E-state index is -0.518. The summed E-state index contributed by atoms with van der Waals surface area (Å²) in [5.41, 5.74) is 4.27. The molecule has 1 aliphatic rings. The molecule has 0 spiro atoms. The van der Waals surface area contributed by atoms with Crippen LogP contribution in [0.1, 0.15) is 33.1 Å². The lowest BCUT2D eigenvalue weighted by atomic mass is 10.00. The third-order valence-corrected chi connectivity index (χ3v) is 5.82. The monoisotopic (exact) mass is 458 g/mol. The molecule has 1 aromatic heterocycles. The zero-order chi connectivity index (χ0) is 22.9. The Morgan fingerprint density at radius 2 is 1.79 bits per heavy atom. The summed E-state index contributed by atoms with van der Waals surface area (Å²) in [5.74, 6) is -0.172. The highest BCUT2D eigenvalue weighted by atomic mass is 35.5.